The second-order valence-corrected chi connectivity index (χ2v) is 4.43. The third-order valence-corrected chi connectivity index (χ3v) is 2.82. The van der Waals surface area contributed by atoms with Crippen LogP contribution in [0.15, 0.2) is 18.2 Å². The zero-order chi connectivity index (χ0) is 15.4. The molecule has 0 spiro atoms. The van der Waals surface area contributed by atoms with E-state index in [1.807, 2.05) is 0 Å². The summed E-state index contributed by atoms with van der Waals surface area (Å²) in [6, 6.07) is 3.59. The highest BCUT2D eigenvalue weighted by molar-refractivity contribution is 5.92. The Kier molecular flexibility index (Phi) is 4.12. The number of carbonyl (C=O) groups is 2. The van der Waals surface area contributed by atoms with Crippen molar-refractivity contribution in [1.82, 2.24) is 25.9 Å². The normalized spacial score (nSPS) is 11.7. The van der Waals surface area contributed by atoms with Crippen LogP contribution in [0.2, 0.25) is 0 Å². The van der Waals surface area contributed by atoms with E-state index >= 15 is 0 Å². The van der Waals surface area contributed by atoms with Gasteiger partial charge in [0.15, 0.2) is 5.82 Å². The summed E-state index contributed by atoms with van der Waals surface area (Å²) in [4.78, 5) is 22.7. The molecule has 1 unspecified atom stereocenters. The van der Waals surface area contributed by atoms with Crippen molar-refractivity contribution in [2.45, 2.75) is 19.9 Å². The van der Waals surface area contributed by atoms with Gasteiger partial charge in [-0.2, -0.15) is 5.21 Å². The van der Waals surface area contributed by atoms with Gasteiger partial charge in [0.05, 0.1) is 11.6 Å². The number of urea groups is 1. The molecule has 1 heterocycles. The minimum absolute atomic E-state index is 0.165. The highest BCUT2D eigenvalue weighted by atomic mass is 16.4. The van der Waals surface area contributed by atoms with E-state index in [1.54, 1.807) is 13.8 Å². The number of tetrazole rings is 1. The van der Waals surface area contributed by atoms with E-state index < -0.39 is 18.0 Å². The van der Waals surface area contributed by atoms with Gasteiger partial charge in [-0.1, -0.05) is 5.21 Å². The number of aryl methyl sites for hydroxylation is 1. The van der Waals surface area contributed by atoms with Crippen molar-refractivity contribution in [3.05, 3.63) is 35.2 Å². The van der Waals surface area contributed by atoms with Crippen LogP contribution in [0.3, 0.4) is 0 Å². The Balaban J connectivity index is 2.01. The molecule has 110 valence electrons. The SMILES string of the molecule is Cc1cc(C(=O)O)ccc1NC(=O)NC(C)c1nn[nH]n1. The molecule has 2 aromatic rings. The second-order valence-electron chi connectivity index (χ2n) is 4.43. The molecular weight excluding hydrogens is 276 g/mol. The molecule has 0 saturated carbocycles. The van der Waals surface area contributed by atoms with Crippen LogP contribution in [-0.4, -0.2) is 37.7 Å². The number of benzene rings is 1. The lowest BCUT2D eigenvalue weighted by molar-refractivity contribution is 0.0697. The number of carboxylic acid groups (broad SMARTS) is 1. The molecule has 2 rings (SSSR count). The minimum atomic E-state index is -1.01. The number of H-pyrrole nitrogens is 1. The molecule has 2 amide bonds. The van der Waals surface area contributed by atoms with Crippen molar-refractivity contribution in [2.75, 3.05) is 5.32 Å². The Bertz CT molecular complexity index is 655. The molecular formula is C12H14N6O3. The first-order valence-electron chi connectivity index (χ1n) is 6.12. The number of anilines is 1. The molecule has 1 aromatic heterocycles. The summed E-state index contributed by atoms with van der Waals surface area (Å²) in [5.41, 5.74) is 1.34. The molecule has 1 aromatic carbocycles. The molecule has 0 bridgehead atoms. The number of aromatic carboxylic acids is 1. The number of nitrogens with zero attached hydrogens (tertiary/aromatic N) is 3. The molecule has 9 nitrogen and oxygen atoms in total. The Hall–Kier alpha value is -2.97. The van der Waals surface area contributed by atoms with Gasteiger partial charge in [0.1, 0.15) is 0 Å². The van der Waals surface area contributed by atoms with Gasteiger partial charge in [-0.15, -0.1) is 10.2 Å². The number of rotatable bonds is 4. The summed E-state index contributed by atoms with van der Waals surface area (Å²) in [6.07, 6.45) is 0. The van der Waals surface area contributed by atoms with Gasteiger partial charge in [0.25, 0.3) is 0 Å². The number of nitrogens with one attached hydrogen (secondary N) is 3. The van der Waals surface area contributed by atoms with Crippen LogP contribution < -0.4 is 10.6 Å². The number of aromatic amines is 1. The summed E-state index contributed by atoms with van der Waals surface area (Å²) in [5, 5.41) is 27.4. The molecule has 0 aliphatic carbocycles. The van der Waals surface area contributed by atoms with Crippen molar-refractivity contribution in [3.8, 4) is 0 Å². The van der Waals surface area contributed by atoms with E-state index in [0.29, 0.717) is 17.1 Å². The second kappa shape index (κ2) is 5.99. The van der Waals surface area contributed by atoms with Crippen LogP contribution >= 0.6 is 0 Å². The maximum atomic E-state index is 11.9. The molecule has 9 heteroatoms. The molecule has 4 N–H and O–H groups in total. The number of aromatic nitrogens is 4. The molecule has 0 aliphatic heterocycles. The van der Waals surface area contributed by atoms with Gasteiger partial charge >= 0.3 is 12.0 Å². The van der Waals surface area contributed by atoms with Gasteiger partial charge in [-0.3, -0.25) is 0 Å². The van der Waals surface area contributed by atoms with Crippen LogP contribution in [0, 0.1) is 6.92 Å². The van der Waals surface area contributed by atoms with Crippen molar-refractivity contribution in [1.29, 1.82) is 0 Å². The maximum absolute atomic E-state index is 11.9. The van der Waals surface area contributed by atoms with Gasteiger partial charge in [0, 0.05) is 5.69 Å². The average Bonchev–Trinajstić information content (AvgIpc) is 2.94. The van der Waals surface area contributed by atoms with Crippen molar-refractivity contribution < 1.29 is 14.7 Å². The Morgan fingerprint density at radius 1 is 1.38 bits per heavy atom. The van der Waals surface area contributed by atoms with E-state index in [9.17, 15) is 9.59 Å². The van der Waals surface area contributed by atoms with Crippen LogP contribution in [0.4, 0.5) is 10.5 Å². The van der Waals surface area contributed by atoms with Crippen molar-refractivity contribution >= 4 is 17.7 Å². The first kappa shape index (κ1) is 14.4. The van der Waals surface area contributed by atoms with Crippen LogP contribution in [0.5, 0.6) is 0 Å². The van der Waals surface area contributed by atoms with Crippen LogP contribution in [0.25, 0.3) is 0 Å². The largest absolute Gasteiger partial charge is 0.478 e. The number of carbonyl (C=O) groups excluding carboxylic acids is 1. The quantitative estimate of drug-likeness (QED) is 0.666. The summed E-state index contributed by atoms with van der Waals surface area (Å²) in [6.45, 7) is 3.43. The van der Waals surface area contributed by atoms with E-state index in [4.69, 9.17) is 5.11 Å². The topological polar surface area (TPSA) is 133 Å². The van der Waals surface area contributed by atoms with Gasteiger partial charge in [-0.05, 0) is 37.6 Å². The predicted octanol–water partition coefficient (Wildman–Crippen LogP) is 1.09. The molecule has 0 radical (unpaired) electrons. The predicted molar refractivity (Wildman–Crippen MR) is 72.9 cm³/mol. The lowest BCUT2D eigenvalue weighted by atomic mass is 10.1. The summed E-state index contributed by atoms with van der Waals surface area (Å²) < 4.78 is 0. The Labute approximate surface area is 119 Å². The number of amides is 2. The zero-order valence-electron chi connectivity index (χ0n) is 11.4. The van der Waals surface area contributed by atoms with E-state index in [2.05, 4.69) is 31.3 Å². The first-order valence-corrected chi connectivity index (χ1v) is 6.12. The summed E-state index contributed by atoms with van der Waals surface area (Å²) in [7, 11) is 0. The lowest BCUT2D eigenvalue weighted by Gasteiger charge is -2.13. The zero-order valence-corrected chi connectivity index (χ0v) is 11.4. The van der Waals surface area contributed by atoms with Crippen LogP contribution in [-0.2, 0) is 0 Å². The molecule has 21 heavy (non-hydrogen) atoms. The highest BCUT2D eigenvalue weighted by Gasteiger charge is 2.14. The molecule has 0 saturated heterocycles. The van der Waals surface area contributed by atoms with E-state index in [-0.39, 0.29) is 5.56 Å². The van der Waals surface area contributed by atoms with Gasteiger partial charge in [0.2, 0.25) is 0 Å². The molecule has 1 atom stereocenters. The fourth-order valence-corrected chi connectivity index (χ4v) is 1.71. The van der Waals surface area contributed by atoms with Gasteiger partial charge < -0.3 is 15.7 Å². The van der Waals surface area contributed by atoms with Gasteiger partial charge in [-0.25, -0.2) is 9.59 Å². The third kappa shape index (κ3) is 3.53. The van der Waals surface area contributed by atoms with Crippen LogP contribution in [0.1, 0.15) is 34.7 Å². The summed E-state index contributed by atoms with van der Waals surface area (Å²) in [5.74, 6) is -0.650. The van der Waals surface area contributed by atoms with E-state index in [0.717, 1.165) is 0 Å². The average molecular weight is 290 g/mol. The summed E-state index contributed by atoms with van der Waals surface area (Å²) >= 11 is 0. The highest BCUT2D eigenvalue weighted by Crippen LogP contribution is 2.17. The fraction of sp³-hybridized carbons (Fsp3) is 0.250. The molecule has 0 aliphatic rings. The molecule has 0 fully saturated rings. The lowest BCUT2D eigenvalue weighted by Crippen LogP contribution is -2.32. The Morgan fingerprint density at radius 3 is 2.71 bits per heavy atom. The fourth-order valence-electron chi connectivity index (χ4n) is 1.71. The smallest absolute Gasteiger partial charge is 0.335 e. The minimum Gasteiger partial charge on any atom is -0.478 e. The number of carboxylic acids is 1. The third-order valence-electron chi connectivity index (χ3n) is 2.82. The maximum Gasteiger partial charge on any atom is 0.335 e. The van der Waals surface area contributed by atoms with Crippen molar-refractivity contribution in [3.63, 3.8) is 0 Å². The Morgan fingerprint density at radius 2 is 2.14 bits per heavy atom. The number of hydrogen-bond donors (Lipinski definition) is 4. The van der Waals surface area contributed by atoms with E-state index in [1.165, 1.54) is 18.2 Å². The first-order chi connectivity index (χ1) is 9.97. The van der Waals surface area contributed by atoms with Crippen molar-refractivity contribution in [2.24, 2.45) is 0 Å². The standard InChI is InChI=1S/C12H14N6O3/c1-6-5-8(11(19)20)3-4-9(6)14-12(21)13-7(2)10-15-17-18-16-10/h3-5,7H,1-2H3,(H,19,20)(H2,13,14,21)(H,15,16,17,18). The number of hydrogen-bond acceptors (Lipinski definition) is 5. The monoisotopic (exact) mass is 290 g/mol.